The fourth-order valence-corrected chi connectivity index (χ4v) is 4.80. The number of carbonyl (C=O) groups is 2. The smallest absolute Gasteiger partial charge is 0.258 e. The Hall–Kier alpha value is -2.59. The maximum Gasteiger partial charge on any atom is 0.258 e. The van der Waals surface area contributed by atoms with Crippen molar-refractivity contribution < 1.29 is 9.59 Å². The van der Waals surface area contributed by atoms with Gasteiger partial charge in [-0.2, -0.15) is 0 Å². The SMILES string of the molecule is C=CC(=O)NCc1ccc(C(=O)N2CC3(CCCC3)c3cccc(Cl)c32)cc1. The zero-order chi connectivity index (χ0) is 19.7. The predicted octanol–water partition coefficient (Wildman–Crippen LogP) is 4.61. The first-order valence-electron chi connectivity index (χ1n) is 9.64. The molecule has 0 atom stereocenters. The van der Waals surface area contributed by atoms with Crippen LogP contribution in [0, 0.1) is 0 Å². The van der Waals surface area contributed by atoms with Gasteiger partial charge in [0.25, 0.3) is 5.91 Å². The van der Waals surface area contributed by atoms with Gasteiger partial charge in [0, 0.05) is 24.1 Å². The molecule has 0 saturated heterocycles. The van der Waals surface area contributed by atoms with Crippen LogP contribution >= 0.6 is 11.6 Å². The second-order valence-electron chi connectivity index (χ2n) is 7.63. The van der Waals surface area contributed by atoms with Gasteiger partial charge in [0.05, 0.1) is 10.7 Å². The fourth-order valence-electron chi connectivity index (χ4n) is 4.52. The molecule has 1 spiro atoms. The quantitative estimate of drug-likeness (QED) is 0.769. The highest BCUT2D eigenvalue weighted by Crippen LogP contribution is 2.52. The Morgan fingerprint density at radius 2 is 1.86 bits per heavy atom. The Labute approximate surface area is 170 Å². The summed E-state index contributed by atoms with van der Waals surface area (Å²) in [6.07, 6.45) is 5.83. The highest BCUT2D eigenvalue weighted by Gasteiger charge is 2.47. The highest BCUT2D eigenvalue weighted by molar-refractivity contribution is 6.34. The van der Waals surface area contributed by atoms with E-state index in [9.17, 15) is 9.59 Å². The van der Waals surface area contributed by atoms with Crippen molar-refractivity contribution in [3.63, 3.8) is 0 Å². The number of anilines is 1. The zero-order valence-corrected chi connectivity index (χ0v) is 16.5. The monoisotopic (exact) mass is 394 g/mol. The molecule has 1 saturated carbocycles. The van der Waals surface area contributed by atoms with Gasteiger partial charge in [-0.15, -0.1) is 0 Å². The number of para-hydroxylation sites is 1. The molecule has 2 amide bonds. The summed E-state index contributed by atoms with van der Waals surface area (Å²) in [5, 5.41) is 3.37. The molecule has 0 unspecified atom stereocenters. The second-order valence-corrected chi connectivity index (χ2v) is 8.04. The van der Waals surface area contributed by atoms with Crippen molar-refractivity contribution in [1.82, 2.24) is 5.32 Å². The van der Waals surface area contributed by atoms with Crippen LogP contribution in [-0.2, 0) is 16.8 Å². The number of hydrogen-bond acceptors (Lipinski definition) is 2. The number of nitrogens with one attached hydrogen (secondary N) is 1. The molecule has 1 heterocycles. The lowest BCUT2D eigenvalue weighted by Crippen LogP contribution is -2.35. The molecule has 0 aromatic heterocycles. The number of fused-ring (bicyclic) bond motifs is 2. The van der Waals surface area contributed by atoms with E-state index < -0.39 is 0 Å². The Balaban J connectivity index is 1.59. The van der Waals surface area contributed by atoms with Crippen LogP contribution in [0.4, 0.5) is 5.69 Å². The molecule has 5 heteroatoms. The topological polar surface area (TPSA) is 49.4 Å². The third-order valence-corrected chi connectivity index (χ3v) is 6.25. The van der Waals surface area contributed by atoms with Gasteiger partial charge in [0.15, 0.2) is 0 Å². The number of hydrogen-bond donors (Lipinski definition) is 1. The fraction of sp³-hybridized carbons (Fsp3) is 0.304. The number of amides is 2. The van der Waals surface area contributed by atoms with Gasteiger partial charge in [0.2, 0.25) is 5.91 Å². The summed E-state index contributed by atoms with van der Waals surface area (Å²) in [6, 6.07) is 13.3. The molecular weight excluding hydrogens is 372 g/mol. The van der Waals surface area contributed by atoms with Crippen molar-refractivity contribution in [1.29, 1.82) is 0 Å². The van der Waals surface area contributed by atoms with Crippen LogP contribution in [0.3, 0.4) is 0 Å². The second kappa shape index (κ2) is 7.44. The van der Waals surface area contributed by atoms with Crippen LogP contribution in [0.2, 0.25) is 5.02 Å². The number of nitrogens with zero attached hydrogens (tertiary/aromatic N) is 1. The van der Waals surface area contributed by atoms with Crippen LogP contribution < -0.4 is 10.2 Å². The van der Waals surface area contributed by atoms with E-state index >= 15 is 0 Å². The lowest BCUT2D eigenvalue weighted by Gasteiger charge is -2.24. The van der Waals surface area contributed by atoms with Gasteiger partial charge in [-0.25, -0.2) is 0 Å². The highest BCUT2D eigenvalue weighted by atomic mass is 35.5. The molecule has 1 aliphatic carbocycles. The van der Waals surface area contributed by atoms with Crippen LogP contribution in [0.15, 0.2) is 55.1 Å². The first kappa shape index (κ1) is 18.8. The minimum absolute atomic E-state index is 0.0280. The van der Waals surface area contributed by atoms with E-state index in [1.807, 2.05) is 41.3 Å². The molecule has 4 nitrogen and oxygen atoms in total. The van der Waals surface area contributed by atoms with Crippen molar-refractivity contribution >= 4 is 29.1 Å². The summed E-state index contributed by atoms with van der Waals surface area (Å²) in [5.74, 6) is -0.245. The van der Waals surface area contributed by atoms with Gasteiger partial charge in [-0.3, -0.25) is 9.59 Å². The molecule has 28 heavy (non-hydrogen) atoms. The lowest BCUT2D eigenvalue weighted by molar-refractivity contribution is -0.116. The standard InChI is InChI=1S/C23H23ClN2O2/c1-2-20(27)25-14-16-8-10-17(11-9-16)22(28)26-15-23(12-3-4-13-23)18-6-5-7-19(24)21(18)26/h2,5-11H,1,3-4,12-15H2,(H,25,27). The minimum Gasteiger partial charge on any atom is -0.348 e. The number of benzene rings is 2. The third kappa shape index (κ3) is 3.22. The third-order valence-electron chi connectivity index (χ3n) is 5.95. The van der Waals surface area contributed by atoms with E-state index in [1.54, 1.807) is 0 Å². The zero-order valence-electron chi connectivity index (χ0n) is 15.7. The molecule has 2 aliphatic rings. The Morgan fingerprint density at radius 1 is 1.14 bits per heavy atom. The van der Waals surface area contributed by atoms with Crippen molar-refractivity contribution in [2.24, 2.45) is 0 Å². The molecule has 0 radical (unpaired) electrons. The van der Waals surface area contributed by atoms with Crippen LogP contribution in [0.25, 0.3) is 0 Å². The Kier molecular flexibility index (Phi) is 4.98. The Morgan fingerprint density at radius 3 is 2.54 bits per heavy atom. The van der Waals surface area contributed by atoms with E-state index in [0.717, 1.165) is 24.1 Å². The van der Waals surface area contributed by atoms with E-state index in [4.69, 9.17) is 11.6 Å². The normalized spacial score (nSPS) is 16.8. The summed E-state index contributed by atoms with van der Waals surface area (Å²) >= 11 is 6.53. The molecule has 144 valence electrons. The average Bonchev–Trinajstić information content (AvgIpc) is 3.32. The van der Waals surface area contributed by atoms with Crippen molar-refractivity contribution in [2.75, 3.05) is 11.4 Å². The summed E-state index contributed by atoms with van der Waals surface area (Å²) in [5.41, 5.74) is 3.69. The van der Waals surface area contributed by atoms with Gasteiger partial charge < -0.3 is 10.2 Å². The van der Waals surface area contributed by atoms with E-state index in [0.29, 0.717) is 23.7 Å². The van der Waals surface area contributed by atoms with Gasteiger partial charge in [-0.1, -0.05) is 55.3 Å². The lowest BCUT2D eigenvalue weighted by atomic mass is 9.81. The summed E-state index contributed by atoms with van der Waals surface area (Å²) in [6.45, 7) is 4.54. The van der Waals surface area contributed by atoms with Crippen LogP contribution in [0.5, 0.6) is 0 Å². The van der Waals surface area contributed by atoms with Crippen LogP contribution in [0.1, 0.15) is 47.2 Å². The van der Waals surface area contributed by atoms with Crippen molar-refractivity contribution in [3.05, 3.63) is 76.8 Å². The number of rotatable bonds is 4. The summed E-state index contributed by atoms with van der Waals surface area (Å²) in [7, 11) is 0. The van der Waals surface area contributed by atoms with Crippen molar-refractivity contribution in [3.8, 4) is 0 Å². The maximum absolute atomic E-state index is 13.3. The molecular formula is C23H23ClN2O2. The van der Waals surface area contributed by atoms with E-state index in [-0.39, 0.29) is 17.2 Å². The van der Waals surface area contributed by atoms with Crippen molar-refractivity contribution in [2.45, 2.75) is 37.6 Å². The molecule has 1 N–H and O–H groups in total. The first-order chi connectivity index (χ1) is 13.5. The maximum atomic E-state index is 13.3. The number of halogens is 1. The average molecular weight is 395 g/mol. The molecule has 2 aromatic rings. The summed E-state index contributed by atoms with van der Waals surface area (Å²) < 4.78 is 0. The molecule has 2 aromatic carbocycles. The minimum atomic E-state index is -0.217. The molecule has 0 bridgehead atoms. The van der Waals surface area contributed by atoms with Gasteiger partial charge in [0.1, 0.15) is 0 Å². The molecule has 1 fully saturated rings. The van der Waals surface area contributed by atoms with Crippen LogP contribution in [-0.4, -0.2) is 18.4 Å². The number of carbonyl (C=O) groups excluding carboxylic acids is 2. The van der Waals surface area contributed by atoms with E-state index in [1.165, 1.54) is 24.5 Å². The molecule has 1 aliphatic heterocycles. The first-order valence-corrected chi connectivity index (χ1v) is 10.0. The Bertz CT molecular complexity index is 930. The van der Waals surface area contributed by atoms with Gasteiger partial charge in [-0.05, 0) is 48.2 Å². The molecule has 4 rings (SSSR count). The van der Waals surface area contributed by atoms with Gasteiger partial charge >= 0.3 is 0 Å². The van der Waals surface area contributed by atoms with E-state index in [2.05, 4.69) is 18.0 Å². The predicted molar refractivity (Wildman–Crippen MR) is 112 cm³/mol. The summed E-state index contributed by atoms with van der Waals surface area (Å²) in [4.78, 5) is 26.5. The largest absolute Gasteiger partial charge is 0.348 e.